The van der Waals surface area contributed by atoms with Gasteiger partial charge in [-0.05, 0) is 19.3 Å². The normalized spacial score (nSPS) is 19.7. The van der Waals surface area contributed by atoms with Crippen LogP contribution < -0.4 is 5.32 Å². The van der Waals surface area contributed by atoms with Crippen LogP contribution in [0.15, 0.2) is 0 Å². The van der Waals surface area contributed by atoms with Gasteiger partial charge in [0.15, 0.2) is 0 Å². The van der Waals surface area contributed by atoms with E-state index in [1.165, 1.54) is 19.3 Å². The Morgan fingerprint density at radius 2 is 2.06 bits per heavy atom. The Morgan fingerprint density at radius 3 is 2.72 bits per heavy atom. The molecule has 1 atom stereocenters. The Bertz CT molecular complexity index is 279. The smallest absolute Gasteiger partial charge is 0.224 e. The quantitative estimate of drug-likeness (QED) is 0.736. The minimum atomic E-state index is -0.00572. The van der Waals surface area contributed by atoms with Crippen molar-refractivity contribution in [2.24, 2.45) is 5.92 Å². The van der Waals surface area contributed by atoms with Crippen molar-refractivity contribution in [1.82, 2.24) is 10.2 Å². The van der Waals surface area contributed by atoms with Gasteiger partial charge in [-0.1, -0.05) is 26.2 Å². The van der Waals surface area contributed by atoms with Gasteiger partial charge in [0.05, 0.1) is 5.92 Å². The fourth-order valence-electron chi connectivity index (χ4n) is 2.38. The summed E-state index contributed by atoms with van der Waals surface area (Å²) < 4.78 is 0. The van der Waals surface area contributed by atoms with Crippen molar-refractivity contribution in [3.63, 3.8) is 0 Å². The Labute approximate surface area is 110 Å². The zero-order chi connectivity index (χ0) is 13.4. The Kier molecular flexibility index (Phi) is 6.76. The number of nitrogens with one attached hydrogen (secondary N) is 1. The van der Waals surface area contributed by atoms with Crippen LogP contribution in [0.4, 0.5) is 0 Å². The third-order valence-corrected chi connectivity index (χ3v) is 3.57. The molecular formula is C14H26N2O2. The third-order valence-electron chi connectivity index (χ3n) is 3.57. The zero-order valence-electron chi connectivity index (χ0n) is 11.7. The highest BCUT2D eigenvalue weighted by atomic mass is 16.2. The maximum Gasteiger partial charge on any atom is 0.224 e. The van der Waals surface area contributed by atoms with Crippen molar-refractivity contribution in [1.29, 1.82) is 0 Å². The Hall–Kier alpha value is -1.06. The molecule has 1 rings (SSSR count). The van der Waals surface area contributed by atoms with Crippen LogP contribution in [0.25, 0.3) is 0 Å². The maximum atomic E-state index is 11.9. The van der Waals surface area contributed by atoms with Crippen LogP contribution in [-0.4, -0.2) is 36.3 Å². The summed E-state index contributed by atoms with van der Waals surface area (Å²) in [6, 6.07) is 0. The fraction of sp³-hybridized carbons (Fsp3) is 0.857. The van der Waals surface area contributed by atoms with Crippen molar-refractivity contribution in [2.45, 2.75) is 52.4 Å². The first kappa shape index (κ1) is 15.0. The average molecular weight is 254 g/mol. The SMILES string of the molecule is CCCCCCNC(=O)C1CCCN(C(C)=O)C1. The number of carbonyl (C=O) groups is 2. The molecule has 1 saturated heterocycles. The van der Waals surface area contributed by atoms with E-state index in [-0.39, 0.29) is 17.7 Å². The average Bonchev–Trinajstić information content (AvgIpc) is 2.38. The van der Waals surface area contributed by atoms with Gasteiger partial charge in [0, 0.05) is 26.6 Å². The maximum absolute atomic E-state index is 11.9. The van der Waals surface area contributed by atoms with Gasteiger partial charge in [0.1, 0.15) is 0 Å². The molecule has 1 N–H and O–H groups in total. The molecule has 18 heavy (non-hydrogen) atoms. The summed E-state index contributed by atoms with van der Waals surface area (Å²) in [5.74, 6) is 0.196. The van der Waals surface area contributed by atoms with Gasteiger partial charge in [-0.15, -0.1) is 0 Å². The summed E-state index contributed by atoms with van der Waals surface area (Å²) in [6.45, 7) is 5.92. The summed E-state index contributed by atoms with van der Waals surface area (Å²) in [7, 11) is 0. The van der Waals surface area contributed by atoms with Crippen LogP contribution in [0.5, 0.6) is 0 Å². The molecule has 1 aliphatic heterocycles. The molecule has 0 radical (unpaired) electrons. The molecule has 0 bridgehead atoms. The second-order valence-electron chi connectivity index (χ2n) is 5.16. The third kappa shape index (κ3) is 5.07. The van der Waals surface area contributed by atoms with Gasteiger partial charge >= 0.3 is 0 Å². The molecular weight excluding hydrogens is 228 g/mol. The van der Waals surface area contributed by atoms with Gasteiger partial charge in [-0.2, -0.15) is 0 Å². The lowest BCUT2D eigenvalue weighted by atomic mass is 9.97. The van der Waals surface area contributed by atoms with Crippen molar-refractivity contribution in [2.75, 3.05) is 19.6 Å². The number of carbonyl (C=O) groups excluding carboxylic acids is 2. The molecule has 0 aromatic carbocycles. The van der Waals surface area contributed by atoms with E-state index in [9.17, 15) is 9.59 Å². The highest BCUT2D eigenvalue weighted by molar-refractivity contribution is 5.80. The molecule has 0 aliphatic carbocycles. The van der Waals surface area contributed by atoms with E-state index in [2.05, 4.69) is 12.2 Å². The van der Waals surface area contributed by atoms with E-state index in [0.717, 1.165) is 32.4 Å². The lowest BCUT2D eigenvalue weighted by Gasteiger charge is -2.31. The summed E-state index contributed by atoms with van der Waals surface area (Å²) in [4.78, 5) is 25.0. The van der Waals surface area contributed by atoms with E-state index < -0.39 is 0 Å². The molecule has 0 aromatic rings. The van der Waals surface area contributed by atoms with Gasteiger partial charge in [-0.3, -0.25) is 9.59 Å². The lowest BCUT2D eigenvalue weighted by molar-refractivity contribution is -0.133. The van der Waals surface area contributed by atoms with E-state index in [0.29, 0.717) is 6.54 Å². The first-order valence-electron chi connectivity index (χ1n) is 7.18. The molecule has 1 heterocycles. The molecule has 1 unspecified atom stereocenters. The number of nitrogens with zero attached hydrogens (tertiary/aromatic N) is 1. The van der Waals surface area contributed by atoms with E-state index >= 15 is 0 Å². The molecule has 4 heteroatoms. The largest absolute Gasteiger partial charge is 0.356 e. The van der Waals surface area contributed by atoms with Crippen LogP contribution >= 0.6 is 0 Å². The number of hydrogen-bond donors (Lipinski definition) is 1. The molecule has 0 aromatic heterocycles. The van der Waals surface area contributed by atoms with Gasteiger partial charge < -0.3 is 10.2 Å². The number of hydrogen-bond acceptors (Lipinski definition) is 2. The summed E-state index contributed by atoms with van der Waals surface area (Å²) in [5, 5.41) is 2.99. The van der Waals surface area contributed by atoms with Gasteiger partial charge in [0.25, 0.3) is 0 Å². The van der Waals surface area contributed by atoms with Crippen LogP contribution in [0.2, 0.25) is 0 Å². The monoisotopic (exact) mass is 254 g/mol. The minimum Gasteiger partial charge on any atom is -0.356 e. The number of likely N-dealkylation sites (tertiary alicyclic amines) is 1. The first-order valence-corrected chi connectivity index (χ1v) is 7.18. The molecule has 1 fully saturated rings. The van der Waals surface area contributed by atoms with Gasteiger partial charge in [-0.25, -0.2) is 0 Å². The molecule has 4 nitrogen and oxygen atoms in total. The zero-order valence-corrected chi connectivity index (χ0v) is 11.7. The highest BCUT2D eigenvalue weighted by Gasteiger charge is 2.26. The van der Waals surface area contributed by atoms with Crippen LogP contribution in [0.1, 0.15) is 52.4 Å². The predicted octanol–water partition coefficient (Wildman–Crippen LogP) is 1.94. The molecule has 2 amide bonds. The Balaban J connectivity index is 2.22. The number of rotatable bonds is 6. The van der Waals surface area contributed by atoms with Crippen LogP contribution in [0, 0.1) is 5.92 Å². The van der Waals surface area contributed by atoms with Crippen LogP contribution in [-0.2, 0) is 9.59 Å². The fourth-order valence-corrected chi connectivity index (χ4v) is 2.38. The topological polar surface area (TPSA) is 49.4 Å². The predicted molar refractivity (Wildman–Crippen MR) is 72.1 cm³/mol. The minimum absolute atomic E-state index is 0.00572. The molecule has 0 saturated carbocycles. The van der Waals surface area contributed by atoms with Crippen molar-refractivity contribution >= 4 is 11.8 Å². The lowest BCUT2D eigenvalue weighted by Crippen LogP contribution is -2.44. The number of amides is 2. The van der Waals surface area contributed by atoms with Crippen LogP contribution in [0.3, 0.4) is 0 Å². The van der Waals surface area contributed by atoms with E-state index in [4.69, 9.17) is 0 Å². The summed E-state index contributed by atoms with van der Waals surface area (Å²) in [6.07, 6.45) is 6.53. The van der Waals surface area contributed by atoms with E-state index in [1.54, 1.807) is 11.8 Å². The number of piperidine rings is 1. The van der Waals surface area contributed by atoms with Crippen molar-refractivity contribution < 1.29 is 9.59 Å². The summed E-state index contributed by atoms with van der Waals surface area (Å²) in [5.41, 5.74) is 0. The second-order valence-corrected chi connectivity index (χ2v) is 5.16. The standard InChI is InChI=1S/C14H26N2O2/c1-3-4-5-6-9-15-14(18)13-8-7-10-16(11-13)12(2)17/h13H,3-11H2,1-2H3,(H,15,18). The van der Waals surface area contributed by atoms with Crippen molar-refractivity contribution in [3.05, 3.63) is 0 Å². The van der Waals surface area contributed by atoms with Gasteiger partial charge in [0.2, 0.25) is 11.8 Å². The highest BCUT2D eigenvalue weighted by Crippen LogP contribution is 2.16. The second kappa shape index (κ2) is 8.11. The van der Waals surface area contributed by atoms with E-state index in [1.807, 2.05) is 0 Å². The van der Waals surface area contributed by atoms with Crippen molar-refractivity contribution in [3.8, 4) is 0 Å². The Morgan fingerprint density at radius 1 is 1.28 bits per heavy atom. The molecule has 1 aliphatic rings. The first-order chi connectivity index (χ1) is 8.65. The summed E-state index contributed by atoms with van der Waals surface area (Å²) >= 11 is 0. The number of unbranched alkanes of at least 4 members (excludes halogenated alkanes) is 3. The molecule has 0 spiro atoms. The molecule has 104 valence electrons.